The highest BCUT2D eigenvalue weighted by molar-refractivity contribution is 7.91. The standard InChI is InChI=1S/C10H12N4O5S2/c1-6-13-7(14-19-6)3-4-12-21(16,17)10-8(9(15)18-2)11-5-20-10/h5,12H,3-4H2,1-2H3. The molecule has 0 aliphatic rings. The first-order valence-corrected chi connectivity index (χ1v) is 8.11. The number of rotatable bonds is 6. The molecule has 21 heavy (non-hydrogen) atoms. The third-order valence-corrected chi connectivity index (χ3v) is 5.20. The molecule has 0 unspecified atom stereocenters. The average Bonchev–Trinajstić information content (AvgIpc) is 3.07. The normalized spacial score (nSPS) is 11.5. The van der Waals surface area contributed by atoms with E-state index in [4.69, 9.17) is 4.52 Å². The van der Waals surface area contributed by atoms with Crippen molar-refractivity contribution in [1.82, 2.24) is 19.8 Å². The number of esters is 1. The molecule has 0 bridgehead atoms. The molecule has 2 heterocycles. The minimum atomic E-state index is -3.85. The van der Waals surface area contributed by atoms with Gasteiger partial charge in [0, 0.05) is 19.9 Å². The van der Waals surface area contributed by atoms with E-state index in [0.29, 0.717) is 11.7 Å². The molecule has 0 saturated heterocycles. The maximum atomic E-state index is 12.1. The van der Waals surface area contributed by atoms with Crippen LogP contribution >= 0.6 is 11.3 Å². The van der Waals surface area contributed by atoms with E-state index < -0.39 is 16.0 Å². The molecule has 9 nitrogen and oxygen atoms in total. The van der Waals surface area contributed by atoms with Crippen LogP contribution in [0.5, 0.6) is 0 Å². The highest BCUT2D eigenvalue weighted by atomic mass is 32.2. The van der Waals surface area contributed by atoms with E-state index in [1.54, 1.807) is 6.92 Å². The van der Waals surface area contributed by atoms with E-state index in [9.17, 15) is 13.2 Å². The molecule has 114 valence electrons. The Labute approximate surface area is 124 Å². The summed E-state index contributed by atoms with van der Waals surface area (Å²) in [7, 11) is -2.69. The van der Waals surface area contributed by atoms with Crippen molar-refractivity contribution in [3.05, 3.63) is 22.9 Å². The summed E-state index contributed by atoms with van der Waals surface area (Å²) >= 11 is 0.838. The Hall–Kier alpha value is -1.85. The molecule has 0 aliphatic carbocycles. The fourth-order valence-electron chi connectivity index (χ4n) is 1.46. The zero-order chi connectivity index (χ0) is 15.5. The summed E-state index contributed by atoms with van der Waals surface area (Å²) in [6, 6.07) is 0. The molecule has 2 rings (SSSR count). The lowest BCUT2D eigenvalue weighted by atomic mass is 10.4. The monoisotopic (exact) mass is 332 g/mol. The Kier molecular flexibility index (Phi) is 4.65. The minimum absolute atomic E-state index is 0.0693. The lowest BCUT2D eigenvalue weighted by Crippen LogP contribution is -2.27. The van der Waals surface area contributed by atoms with Crippen LogP contribution in [-0.2, 0) is 21.2 Å². The van der Waals surface area contributed by atoms with Gasteiger partial charge in [0.1, 0.15) is 0 Å². The van der Waals surface area contributed by atoms with E-state index in [-0.39, 0.29) is 22.9 Å². The summed E-state index contributed by atoms with van der Waals surface area (Å²) in [4.78, 5) is 19.1. The molecule has 0 aromatic carbocycles. The van der Waals surface area contributed by atoms with Gasteiger partial charge >= 0.3 is 5.97 Å². The van der Waals surface area contributed by atoms with Crippen molar-refractivity contribution in [2.24, 2.45) is 0 Å². The molecule has 2 aromatic rings. The molecule has 0 saturated carbocycles. The number of nitrogens with zero attached hydrogens (tertiary/aromatic N) is 3. The Morgan fingerprint density at radius 2 is 2.29 bits per heavy atom. The van der Waals surface area contributed by atoms with Crippen LogP contribution in [0, 0.1) is 6.92 Å². The molecular formula is C10H12N4O5S2. The molecule has 0 spiro atoms. The molecule has 1 N–H and O–H groups in total. The van der Waals surface area contributed by atoms with Gasteiger partial charge in [-0.25, -0.2) is 22.9 Å². The zero-order valence-corrected chi connectivity index (χ0v) is 12.8. The summed E-state index contributed by atoms with van der Waals surface area (Å²) < 4.78 is 35.7. The number of carbonyl (C=O) groups is 1. The molecule has 0 amide bonds. The van der Waals surface area contributed by atoms with Gasteiger partial charge in [0.15, 0.2) is 15.7 Å². The van der Waals surface area contributed by atoms with Gasteiger partial charge in [-0.3, -0.25) is 0 Å². The highest BCUT2D eigenvalue weighted by Crippen LogP contribution is 2.20. The van der Waals surface area contributed by atoms with Crippen molar-refractivity contribution in [3.8, 4) is 0 Å². The predicted molar refractivity (Wildman–Crippen MR) is 71.4 cm³/mol. The summed E-state index contributed by atoms with van der Waals surface area (Å²) in [5.74, 6) is 0.00130. The number of hydrogen-bond donors (Lipinski definition) is 1. The molecule has 0 fully saturated rings. The third kappa shape index (κ3) is 3.62. The molecule has 2 aromatic heterocycles. The maximum Gasteiger partial charge on any atom is 0.358 e. The average molecular weight is 332 g/mol. The van der Waals surface area contributed by atoms with Gasteiger partial charge in [-0.05, 0) is 0 Å². The minimum Gasteiger partial charge on any atom is -0.464 e. The maximum absolute atomic E-state index is 12.1. The first kappa shape index (κ1) is 15.5. The van der Waals surface area contributed by atoms with E-state index in [1.165, 1.54) is 5.51 Å². The van der Waals surface area contributed by atoms with E-state index >= 15 is 0 Å². The number of aromatic nitrogens is 3. The van der Waals surface area contributed by atoms with Gasteiger partial charge in [-0.15, -0.1) is 11.3 Å². The van der Waals surface area contributed by atoms with Crippen LogP contribution in [0.15, 0.2) is 14.2 Å². The number of carbonyl (C=O) groups excluding carboxylic acids is 1. The lowest BCUT2D eigenvalue weighted by molar-refractivity contribution is 0.0590. The zero-order valence-electron chi connectivity index (χ0n) is 11.2. The number of methoxy groups -OCH3 is 1. The van der Waals surface area contributed by atoms with Gasteiger partial charge < -0.3 is 9.26 Å². The fraction of sp³-hybridized carbons (Fsp3) is 0.400. The smallest absolute Gasteiger partial charge is 0.358 e. The summed E-state index contributed by atoms with van der Waals surface area (Å²) in [5, 5.41) is 3.65. The molecule has 11 heteroatoms. The number of nitrogens with one attached hydrogen (secondary N) is 1. The Bertz CT molecular complexity index is 736. The number of thiazole rings is 1. The Morgan fingerprint density at radius 1 is 1.52 bits per heavy atom. The second-order valence-electron chi connectivity index (χ2n) is 3.86. The van der Waals surface area contributed by atoms with E-state index in [2.05, 4.69) is 24.6 Å². The van der Waals surface area contributed by atoms with Gasteiger partial charge in [0.25, 0.3) is 10.0 Å². The molecular weight excluding hydrogens is 320 g/mol. The first-order chi connectivity index (χ1) is 9.94. The van der Waals surface area contributed by atoms with Crippen molar-refractivity contribution in [2.75, 3.05) is 13.7 Å². The fourth-order valence-corrected chi connectivity index (χ4v) is 3.67. The molecule has 0 atom stereocenters. The van der Waals surface area contributed by atoms with Crippen LogP contribution in [0.2, 0.25) is 0 Å². The number of ether oxygens (including phenoxy) is 1. The van der Waals surface area contributed by atoms with Crippen molar-refractivity contribution >= 4 is 27.3 Å². The molecule has 0 aliphatic heterocycles. The van der Waals surface area contributed by atoms with Crippen LogP contribution in [0.4, 0.5) is 0 Å². The predicted octanol–water partition coefficient (Wildman–Crippen LogP) is 0.142. The van der Waals surface area contributed by atoms with Crippen LogP contribution in [0.3, 0.4) is 0 Å². The van der Waals surface area contributed by atoms with Crippen molar-refractivity contribution in [3.63, 3.8) is 0 Å². The van der Waals surface area contributed by atoms with E-state index in [1.807, 2.05) is 0 Å². The Balaban J connectivity index is 2.05. The van der Waals surface area contributed by atoms with Crippen LogP contribution < -0.4 is 4.72 Å². The van der Waals surface area contributed by atoms with Gasteiger partial charge in [-0.2, -0.15) is 4.98 Å². The molecule has 0 radical (unpaired) electrons. The van der Waals surface area contributed by atoms with Crippen LogP contribution in [0.1, 0.15) is 22.2 Å². The largest absolute Gasteiger partial charge is 0.464 e. The van der Waals surface area contributed by atoms with Gasteiger partial charge in [0.05, 0.1) is 12.6 Å². The lowest BCUT2D eigenvalue weighted by Gasteiger charge is -2.04. The van der Waals surface area contributed by atoms with Gasteiger partial charge in [0.2, 0.25) is 5.89 Å². The highest BCUT2D eigenvalue weighted by Gasteiger charge is 2.26. The summed E-state index contributed by atoms with van der Waals surface area (Å²) in [6.45, 7) is 1.71. The third-order valence-electron chi connectivity index (χ3n) is 2.37. The van der Waals surface area contributed by atoms with Crippen molar-refractivity contribution < 1.29 is 22.5 Å². The first-order valence-electron chi connectivity index (χ1n) is 5.74. The van der Waals surface area contributed by atoms with Crippen molar-refractivity contribution in [2.45, 2.75) is 17.6 Å². The Morgan fingerprint density at radius 3 is 2.90 bits per heavy atom. The van der Waals surface area contributed by atoms with Crippen LogP contribution in [0.25, 0.3) is 0 Å². The SMILES string of the molecule is COC(=O)c1ncsc1S(=O)(=O)NCCc1noc(C)n1. The topological polar surface area (TPSA) is 124 Å². The summed E-state index contributed by atoms with van der Waals surface area (Å²) in [6.07, 6.45) is 0.267. The second kappa shape index (κ2) is 6.28. The quantitative estimate of drug-likeness (QED) is 0.741. The van der Waals surface area contributed by atoms with E-state index in [0.717, 1.165) is 18.4 Å². The summed E-state index contributed by atoms with van der Waals surface area (Å²) in [5.41, 5.74) is 1.04. The van der Waals surface area contributed by atoms with Crippen LogP contribution in [-0.4, -0.2) is 43.2 Å². The van der Waals surface area contributed by atoms with Crippen molar-refractivity contribution in [1.29, 1.82) is 0 Å². The number of hydrogen-bond acceptors (Lipinski definition) is 9. The second-order valence-corrected chi connectivity index (χ2v) is 6.67. The number of aryl methyl sites for hydroxylation is 1. The number of sulfonamides is 1. The van der Waals surface area contributed by atoms with Gasteiger partial charge in [-0.1, -0.05) is 5.16 Å².